The first-order valence-corrected chi connectivity index (χ1v) is 9.24. The predicted molar refractivity (Wildman–Crippen MR) is 104 cm³/mol. The van der Waals surface area contributed by atoms with Gasteiger partial charge in [-0.05, 0) is 35.9 Å². The molecule has 5 nitrogen and oxygen atoms in total. The lowest BCUT2D eigenvalue weighted by molar-refractivity contribution is -0.113. The first-order valence-electron chi connectivity index (χ1n) is 8.25. The van der Waals surface area contributed by atoms with Crippen LogP contribution in [0.5, 0.6) is 0 Å². The third-order valence-corrected chi connectivity index (χ3v) is 4.96. The quantitative estimate of drug-likeness (QED) is 0.811. The van der Waals surface area contributed by atoms with E-state index >= 15 is 0 Å². The van der Waals surface area contributed by atoms with E-state index in [9.17, 15) is 9.59 Å². The SMILES string of the molecule is CCC(=O)c1ccc2c(c1)N=C(SCC(=O)Nc1ccc(C#N)cc1)C2. The lowest BCUT2D eigenvalue weighted by atomic mass is 10.0. The molecule has 0 atom stereocenters. The van der Waals surface area contributed by atoms with Gasteiger partial charge in [0.15, 0.2) is 5.78 Å². The molecule has 0 saturated carbocycles. The van der Waals surface area contributed by atoms with Crippen molar-refractivity contribution in [2.45, 2.75) is 19.8 Å². The Labute approximate surface area is 156 Å². The Morgan fingerprint density at radius 1 is 1.23 bits per heavy atom. The van der Waals surface area contributed by atoms with Crippen LogP contribution in [0.1, 0.15) is 34.8 Å². The van der Waals surface area contributed by atoms with Crippen molar-refractivity contribution < 1.29 is 9.59 Å². The van der Waals surface area contributed by atoms with E-state index in [0.717, 1.165) is 16.3 Å². The summed E-state index contributed by atoms with van der Waals surface area (Å²) in [6.45, 7) is 1.84. The zero-order valence-corrected chi connectivity index (χ0v) is 15.1. The Bertz CT molecular complexity index is 927. The zero-order valence-electron chi connectivity index (χ0n) is 14.3. The van der Waals surface area contributed by atoms with Crippen LogP contribution < -0.4 is 5.32 Å². The largest absolute Gasteiger partial charge is 0.325 e. The molecule has 130 valence electrons. The zero-order chi connectivity index (χ0) is 18.5. The summed E-state index contributed by atoms with van der Waals surface area (Å²) in [5, 5.41) is 12.5. The van der Waals surface area contributed by atoms with Gasteiger partial charge < -0.3 is 5.32 Å². The van der Waals surface area contributed by atoms with Crippen molar-refractivity contribution in [3.05, 3.63) is 59.2 Å². The Kier molecular flexibility index (Phi) is 5.49. The van der Waals surface area contributed by atoms with Gasteiger partial charge in [0.25, 0.3) is 0 Å². The van der Waals surface area contributed by atoms with Crippen molar-refractivity contribution in [2.24, 2.45) is 4.99 Å². The number of amides is 1. The number of hydrogen-bond donors (Lipinski definition) is 1. The lowest BCUT2D eigenvalue weighted by Crippen LogP contribution is -2.15. The Hall–Kier alpha value is -2.91. The maximum atomic E-state index is 12.1. The van der Waals surface area contributed by atoms with Gasteiger partial charge in [-0.2, -0.15) is 5.26 Å². The molecule has 1 aliphatic rings. The van der Waals surface area contributed by atoms with E-state index in [2.05, 4.69) is 10.3 Å². The molecule has 2 aromatic carbocycles. The topological polar surface area (TPSA) is 82.3 Å². The number of fused-ring (bicyclic) bond motifs is 1. The molecule has 1 aliphatic heterocycles. The van der Waals surface area contributed by atoms with E-state index in [4.69, 9.17) is 5.26 Å². The van der Waals surface area contributed by atoms with Gasteiger partial charge >= 0.3 is 0 Å². The van der Waals surface area contributed by atoms with Crippen molar-refractivity contribution in [3.63, 3.8) is 0 Å². The van der Waals surface area contributed by atoms with Gasteiger partial charge in [0, 0.05) is 24.1 Å². The molecule has 2 aromatic rings. The predicted octanol–water partition coefficient (Wildman–Crippen LogP) is 4.11. The summed E-state index contributed by atoms with van der Waals surface area (Å²) in [4.78, 5) is 28.4. The van der Waals surface area contributed by atoms with Gasteiger partial charge in [0.2, 0.25) is 5.91 Å². The number of carbonyl (C=O) groups excluding carboxylic acids is 2. The van der Waals surface area contributed by atoms with Crippen LogP contribution in [-0.4, -0.2) is 22.5 Å². The highest BCUT2D eigenvalue weighted by Gasteiger charge is 2.17. The highest BCUT2D eigenvalue weighted by Crippen LogP contribution is 2.31. The molecule has 1 amide bonds. The molecule has 0 unspecified atom stereocenters. The molecular weight excluding hydrogens is 346 g/mol. The van der Waals surface area contributed by atoms with E-state index < -0.39 is 0 Å². The van der Waals surface area contributed by atoms with Gasteiger partial charge in [0.05, 0.1) is 28.1 Å². The van der Waals surface area contributed by atoms with E-state index in [1.807, 2.05) is 31.2 Å². The van der Waals surface area contributed by atoms with Gasteiger partial charge in [-0.15, -0.1) is 11.8 Å². The minimum atomic E-state index is -0.125. The average Bonchev–Trinajstić information content (AvgIpc) is 3.08. The molecule has 1 heterocycles. The molecule has 6 heteroatoms. The van der Waals surface area contributed by atoms with E-state index in [0.29, 0.717) is 29.7 Å². The van der Waals surface area contributed by atoms with Gasteiger partial charge in [-0.25, -0.2) is 4.99 Å². The fourth-order valence-electron chi connectivity index (χ4n) is 2.59. The number of Topliss-reactive ketones (excluding diaryl/α,β-unsaturated/α-hetero) is 1. The third kappa shape index (κ3) is 4.19. The normalized spacial score (nSPS) is 12.1. The number of nitriles is 1. The second kappa shape index (κ2) is 7.98. The number of nitrogens with zero attached hydrogens (tertiary/aromatic N) is 2. The van der Waals surface area contributed by atoms with Crippen LogP contribution in [0.2, 0.25) is 0 Å². The summed E-state index contributed by atoms with van der Waals surface area (Å²) in [5.74, 6) is 0.235. The van der Waals surface area contributed by atoms with E-state index in [1.54, 1.807) is 24.3 Å². The monoisotopic (exact) mass is 363 g/mol. The van der Waals surface area contributed by atoms with E-state index in [-0.39, 0.29) is 17.4 Å². The molecule has 1 N–H and O–H groups in total. The number of aliphatic imine (C=N–C) groups is 1. The molecule has 0 saturated heterocycles. The lowest BCUT2D eigenvalue weighted by Gasteiger charge is -2.05. The Morgan fingerprint density at radius 3 is 2.69 bits per heavy atom. The fourth-order valence-corrected chi connectivity index (χ4v) is 3.38. The summed E-state index contributed by atoms with van der Waals surface area (Å²) in [6, 6.07) is 14.4. The summed E-state index contributed by atoms with van der Waals surface area (Å²) in [6.07, 6.45) is 1.16. The summed E-state index contributed by atoms with van der Waals surface area (Å²) in [5.41, 5.74) is 3.79. The van der Waals surface area contributed by atoms with Crippen molar-refractivity contribution >= 4 is 39.9 Å². The van der Waals surface area contributed by atoms with Gasteiger partial charge in [-0.3, -0.25) is 9.59 Å². The summed E-state index contributed by atoms with van der Waals surface area (Å²) in [7, 11) is 0. The van der Waals surface area contributed by atoms with Crippen LogP contribution in [0.15, 0.2) is 47.5 Å². The number of anilines is 1. The second-order valence-corrected chi connectivity index (χ2v) is 6.88. The highest BCUT2D eigenvalue weighted by atomic mass is 32.2. The Morgan fingerprint density at radius 2 is 2.00 bits per heavy atom. The highest BCUT2D eigenvalue weighted by molar-refractivity contribution is 8.14. The number of carbonyl (C=O) groups is 2. The Balaban J connectivity index is 1.56. The van der Waals surface area contributed by atoms with Crippen molar-refractivity contribution in [1.29, 1.82) is 5.26 Å². The number of thioether (sulfide) groups is 1. The minimum absolute atomic E-state index is 0.103. The first-order chi connectivity index (χ1) is 12.6. The fraction of sp³-hybridized carbons (Fsp3) is 0.200. The van der Waals surface area contributed by atoms with Crippen LogP contribution in [0.3, 0.4) is 0 Å². The van der Waals surface area contributed by atoms with Crippen molar-refractivity contribution in [3.8, 4) is 6.07 Å². The molecule has 26 heavy (non-hydrogen) atoms. The number of rotatable bonds is 5. The smallest absolute Gasteiger partial charge is 0.234 e. The molecular formula is C20H17N3O2S. The number of nitrogens with one attached hydrogen (secondary N) is 1. The molecule has 3 rings (SSSR count). The average molecular weight is 363 g/mol. The molecule has 0 spiro atoms. The minimum Gasteiger partial charge on any atom is -0.325 e. The van der Waals surface area contributed by atoms with Crippen LogP contribution in [0.25, 0.3) is 0 Å². The van der Waals surface area contributed by atoms with Crippen LogP contribution in [-0.2, 0) is 11.2 Å². The molecule has 0 fully saturated rings. The first kappa shape index (κ1) is 17.9. The maximum absolute atomic E-state index is 12.1. The second-order valence-electron chi connectivity index (χ2n) is 5.83. The van der Waals surface area contributed by atoms with Gasteiger partial charge in [-0.1, -0.05) is 19.1 Å². The van der Waals surface area contributed by atoms with Crippen molar-refractivity contribution in [2.75, 3.05) is 11.1 Å². The van der Waals surface area contributed by atoms with Crippen LogP contribution >= 0.6 is 11.8 Å². The number of hydrogen-bond acceptors (Lipinski definition) is 5. The molecule has 0 aliphatic carbocycles. The van der Waals surface area contributed by atoms with Crippen LogP contribution in [0, 0.1) is 11.3 Å². The number of benzene rings is 2. The summed E-state index contributed by atoms with van der Waals surface area (Å²) >= 11 is 1.40. The number of ketones is 1. The third-order valence-electron chi connectivity index (χ3n) is 3.98. The standard InChI is InChI=1S/C20H17N3O2S/c1-2-18(24)15-6-5-14-10-20(23-17(14)9-15)26-12-19(25)22-16-7-3-13(11-21)4-8-16/h3-9H,2,10,12H2,1H3,(H,22,25). The van der Waals surface area contributed by atoms with Crippen molar-refractivity contribution in [1.82, 2.24) is 0 Å². The molecule has 0 radical (unpaired) electrons. The molecule has 0 aromatic heterocycles. The van der Waals surface area contributed by atoms with E-state index in [1.165, 1.54) is 11.8 Å². The molecule has 0 bridgehead atoms. The summed E-state index contributed by atoms with van der Waals surface area (Å²) < 4.78 is 0. The van der Waals surface area contributed by atoms with Gasteiger partial charge in [0.1, 0.15) is 0 Å². The van der Waals surface area contributed by atoms with Crippen LogP contribution in [0.4, 0.5) is 11.4 Å². The maximum Gasteiger partial charge on any atom is 0.234 e.